The smallest absolute Gasteiger partial charge is 0.475 e. The van der Waals surface area contributed by atoms with Gasteiger partial charge in [0.25, 0.3) is 5.91 Å². The second-order valence-corrected chi connectivity index (χ2v) is 8.79. The molecule has 218 valence electrons. The van der Waals surface area contributed by atoms with Crippen molar-refractivity contribution in [2.45, 2.75) is 38.2 Å². The van der Waals surface area contributed by atoms with Crippen LogP contribution in [0.25, 0.3) is 0 Å². The fourth-order valence-corrected chi connectivity index (χ4v) is 4.11. The van der Waals surface area contributed by atoms with Gasteiger partial charge in [0.15, 0.2) is 0 Å². The summed E-state index contributed by atoms with van der Waals surface area (Å²) in [6.07, 6.45) is -0.882. The van der Waals surface area contributed by atoms with Crippen LogP contribution < -0.4 is 0 Å². The van der Waals surface area contributed by atoms with Gasteiger partial charge in [0.2, 0.25) is 5.91 Å². The van der Waals surface area contributed by atoms with E-state index in [4.69, 9.17) is 19.8 Å². The minimum Gasteiger partial charge on any atom is -0.475 e. The molecule has 2 aromatic rings. The molecule has 1 atom stereocenters. The van der Waals surface area contributed by atoms with Crippen molar-refractivity contribution in [3.8, 4) is 0 Å². The zero-order valence-electron chi connectivity index (χ0n) is 20.7. The molecule has 2 amide bonds. The number of carbonyl (C=O) groups excluding carboxylic acids is 2. The lowest BCUT2D eigenvalue weighted by molar-refractivity contribution is -0.193. The topological polar surface area (TPSA) is 141 Å². The summed E-state index contributed by atoms with van der Waals surface area (Å²) in [7, 11) is 0. The molecule has 2 fully saturated rings. The third-order valence-corrected chi connectivity index (χ3v) is 5.98. The second-order valence-electron chi connectivity index (χ2n) is 8.79. The van der Waals surface area contributed by atoms with Gasteiger partial charge in [0, 0.05) is 51.0 Å². The van der Waals surface area contributed by atoms with E-state index in [9.17, 15) is 35.9 Å². The van der Waals surface area contributed by atoms with Gasteiger partial charge in [-0.25, -0.2) is 9.59 Å². The van der Waals surface area contributed by atoms with Crippen molar-refractivity contribution in [2.75, 3.05) is 19.6 Å². The largest absolute Gasteiger partial charge is 0.490 e. The fraction of sp³-hybridized carbons (Fsp3) is 0.417. The summed E-state index contributed by atoms with van der Waals surface area (Å²) in [6, 6.07) is 7.43. The average Bonchev–Trinajstić information content (AvgIpc) is 3.18. The SMILES string of the molecule is O=C(O)C(F)(F)F.O=C(O)C(F)(F)F.O=C(c1cccnc1)N1CCCC2(CCN(Cc3ccncc3)C2=O)C1. The maximum atomic E-state index is 13.2. The van der Waals surface area contributed by atoms with Gasteiger partial charge in [-0.05, 0) is 49.1 Å². The molecule has 0 aliphatic carbocycles. The number of piperidine rings is 1. The molecule has 16 heteroatoms. The van der Waals surface area contributed by atoms with E-state index in [2.05, 4.69) is 9.97 Å². The van der Waals surface area contributed by atoms with E-state index < -0.39 is 29.7 Å². The Morgan fingerprint density at radius 1 is 0.875 bits per heavy atom. The molecular weight excluding hydrogens is 554 g/mol. The molecule has 0 radical (unpaired) electrons. The summed E-state index contributed by atoms with van der Waals surface area (Å²) >= 11 is 0. The first-order valence-corrected chi connectivity index (χ1v) is 11.5. The first-order chi connectivity index (χ1) is 18.6. The van der Waals surface area contributed by atoms with E-state index in [1.807, 2.05) is 21.9 Å². The number of likely N-dealkylation sites (tertiary alicyclic amines) is 2. The number of aliphatic carboxylic acids is 2. The highest BCUT2D eigenvalue weighted by Gasteiger charge is 2.49. The summed E-state index contributed by atoms with van der Waals surface area (Å²) < 4.78 is 63.5. The maximum Gasteiger partial charge on any atom is 0.490 e. The number of hydrogen-bond donors (Lipinski definition) is 2. The van der Waals surface area contributed by atoms with Crippen molar-refractivity contribution in [3.05, 3.63) is 60.2 Å². The minimum absolute atomic E-state index is 0.0300. The molecule has 2 aromatic heterocycles. The number of halogens is 6. The quantitative estimate of drug-likeness (QED) is 0.528. The van der Waals surface area contributed by atoms with Crippen molar-refractivity contribution in [1.82, 2.24) is 19.8 Å². The standard InChI is InChI=1S/C20H22N4O2.2C2HF3O2/c25-18(17-3-1-8-22-13-17)24-11-2-6-20(15-24)7-12-23(19(20)26)14-16-4-9-21-10-5-16;2*3-2(4,5)1(6)7/h1,3-5,8-10,13H,2,6-7,11-12,14-15H2;2*(H,6,7). The van der Waals surface area contributed by atoms with Crippen molar-refractivity contribution < 1.29 is 55.7 Å². The van der Waals surface area contributed by atoms with Gasteiger partial charge in [-0.2, -0.15) is 26.3 Å². The molecule has 2 aliphatic rings. The Morgan fingerprint density at radius 2 is 1.45 bits per heavy atom. The van der Waals surface area contributed by atoms with E-state index in [1.54, 1.807) is 36.9 Å². The minimum atomic E-state index is -5.08. The van der Waals surface area contributed by atoms with Gasteiger partial charge in [0.1, 0.15) is 0 Å². The first kappa shape index (κ1) is 32.0. The zero-order chi connectivity index (χ0) is 30.1. The second kappa shape index (κ2) is 13.2. The summed E-state index contributed by atoms with van der Waals surface area (Å²) in [6.45, 7) is 2.56. The summed E-state index contributed by atoms with van der Waals surface area (Å²) in [4.78, 5) is 55.5. The molecule has 2 saturated heterocycles. The normalized spacial score (nSPS) is 18.8. The molecule has 2 N–H and O–H groups in total. The third kappa shape index (κ3) is 8.91. The van der Waals surface area contributed by atoms with Crippen molar-refractivity contribution in [1.29, 1.82) is 0 Å². The Kier molecular flexibility index (Phi) is 10.6. The Morgan fingerprint density at radius 3 is 1.95 bits per heavy atom. The van der Waals surface area contributed by atoms with Crippen LogP contribution in [-0.4, -0.2) is 85.7 Å². The van der Waals surface area contributed by atoms with Crippen LogP contribution in [0.15, 0.2) is 49.1 Å². The highest BCUT2D eigenvalue weighted by molar-refractivity contribution is 5.95. The number of carboxylic acid groups (broad SMARTS) is 2. The highest BCUT2D eigenvalue weighted by Crippen LogP contribution is 2.41. The Balaban J connectivity index is 0.000000333. The average molecular weight is 578 g/mol. The number of alkyl halides is 6. The van der Waals surface area contributed by atoms with Crippen LogP contribution in [0.5, 0.6) is 0 Å². The lowest BCUT2D eigenvalue weighted by atomic mass is 9.78. The maximum absolute atomic E-state index is 13.2. The Labute approximate surface area is 223 Å². The molecule has 4 heterocycles. The van der Waals surface area contributed by atoms with Crippen molar-refractivity contribution >= 4 is 23.8 Å². The van der Waals surface area contributed by atoms with Gasteiger partial charge < -0.3 is 20.0 Å². The third-order valence-electron chi connectivity index (χ3n) is 5.98. The number of pyridine rings is 2. The number of nitrogens with zero attached hydrogens (tertiary/aromatic N) is 4. The van der Waals surface area contributed by atoms with E-state index in [1.165, 1.54) is 0 Å². The van der Waals surface area contributed by atoms with Crippen LogP contribution in [0.1, 0.15) is 35.2 Å². The van der Waals surface area contributed by atoms with Crippen LogP contribution in [-0.2, 0) is 20.9 Å². The van der Waals surface area contributed by atoms with Crippen molar-refractivity contribution in [2.24, 2.45) is 5.41 Å². The molecular formula is C24H24F6N4O6. The predicted octanol–water partition coefficient (Wildman–Crippen LogP) is 3.40. The van der Waals surface area contributed by atoms with Crippen LogP contribution in [0.4, 0.5) is 26.3 Å². The molecule has 1 spiro atoms. The van der Waals surface area contributed by atoms with Crippen LogP contribution in [0.2, 0.25) is 0 Å². The molecule has 2 aliphatic heterocycles. The molecule has 1 unspecified atom stereocenters. The fourth-order valence-electron chi connectivity index (χ4n) is 4.11. The molecule has 40 heavy (non-hydrogen) atoms. The van der Waals surface area contributed by atoms with Gasteiger partial charge in [-0.3, -0.25) is 19.6 Å². The highest BCUT2D eigenvalue weighted by atomic mass is 19.4. The van der Waals surface area contributed by atoms with Gasteiger partial charge in [-0.15, -0.1) is 0 Å². The monoisotopic (exact) mass is 578 g/mol. The van der Waals surface area contributed by atoms with Crippen LogP contribution >= 0.6 is 0 Å². The lowest BCUT2D eigenvalue weighted by Gasteiger charge is -2.39. The van der Waals surface area contributed by atoms with E-state index in [0.717, 1.165) is 31.4 Å². The van der Waals surface area contributed by atoms with Gasteiger partial charge in [-0.1, -0.05) is 0 Å². The number of carboxylic acids is 2. The first-order valence-electron chi connectivity index (χ1n) is 11.5. The van der Waals surface area contributed by atoms with Gasteiger partial charge in [0.05, 0.1) is 11.0 Å². The number of carbonyl (C=O) groups is 4. The number of hydrogen-bond acceptors (Lipinski definition) is 6. The van der Waals surface area contributed by atoms with Crippen LogP contribution in [0.3, 0.4) is 0 Å². The molecule has 0 aromatic carbocycles. The van der Waals surface area contributed by atoms with Crippen LogP contribution in [0, 0.1) is 5.41 Å². The molecule has 0 bridgehead atoms. The summed E-state index contributed by atoms with van der Waals surface area (Å²) in [5, 5.41) is 14.2. The van der Waals surface area contributed by atoms with E-state index in [0.29, 0.717) is 25.2 Å². The Bertz CT molecular complexity index is 1160. The lowest BCUT2D eigenvalue weighted by Crippen LogP contribution is -2.49. The van der Waals surface area contributed by atoms with Gasteiger partial charge >= 0.3 is 24.3 Å². The molecule has 4 rings (SSSR count). The molecule has 10 nitrogen and oxygen atoms in total. The zero-order valence-corrected chi connectivity index (χ0v) is 20.7. The number of rotatable bonds is 3. The predicted molar refractivity (Wildman–Crippen MR) is 123 cm³/mol. The summed E-state index contributed by atoms with van der Waals surface area (Å²) in [5.41, 5.74) is 1.25. The van der Waals surface area contributed by atoms with Crippen molar-refractivity contribution in [3.63, 3.8) is 0 Å². The summed E-state index contributed by atoms with van der Waals surface area (Å²) in [5.74, 6) is -5.37. The number of amides is 2. The Hall–Kier alpha value is -4.24. The molecule has 0 saturated carbocycles. The van der Waals surface area contributed by atoms with E-state index in [-0.39, 0.29) is 11.8 Å². The number of aromatic nitrogens is 2. The van der Waals surface area contributed by atoms with E-state index >= 15 is 0 Å².